The van der Waals surface area contributed by atoms with Gasteiger partial charge in [0, 0.05) is 45.1 Å². The highest BCUT2D eigenvalue weighted by Crippen LogP contribution is 2.18. The molecule has 2 aromatic rings. The average Bonchev–Trinajstić information content (AvgIpc) is 2.93. The second-order valence-corrected chi connectivity index (χ2v) is 7.05. The van der Waals surface area contributed by atoms with Crippen molar-refractivity contribution in [2.75, 3.05) is 39.3 Å². The highest BCUT2D eigenvalue weighted by atomic mass is 16.5. The van der Waals surface area contributed by atoms with Crippen molar-refractivity contribution < 1.29 is 9.53 Å². The van der Waals surface area contributed by atoms with Crippen molar-refractivity contribution in [1.29, 1.82) is 0 Å². The second-order valence-electron chi connectivity index (χ2n) is 7.05. The summed E-state index contributed by atoms with van der Waals surface area (Å²) in [7, 11) is 0. The van der Waals surface area contributed by atoms with Crippen LogP contribution in [0.2, 0.25) is 0 Å². The van der Waals surface area contributed by atoms with Crippen molar-refractivity contribution in [3.8, 4) is 5.75 Å². The third-order valence-corrected chi connectivity index (χ3v) is 5.02. The monoisotopic (exact) mass is 367 g/mol. The highest BCUT2D eigenvalue weighted by Gasteiger charge is 2.20. The summed E-state index contributed by atoms with van der Waals surface area (Å²) in [5.74, 6) is 1.07. The first-order chi connectivity index (χ1) is 13.2. The van der Waals surface area contributed by atoms with E-state index in [1.165, 1.54) is 5.56 Å². The molecule has 144 valence electrons. The van der Waals surface area contributed by atoms with E-state index in [0.717, 1.165) is 56.9 Å². The molecule has 5 nitrogen and oxygen atoms in total. The molecule has 5 heteroatoms. The number of aryl methyl sites for hydroxylation is 2. The summed E-state index contributed by atoms with van der Waals surface area (Å²) >= 11 is 0. The van der Waals surface area contributed by atoms with E-state index in [1.807, 2.05) is 30.0 Å². The van der Waals surface area contributed by atoms with E-state index in [-0.39, 0.29) is 5.91 Å². The zero-order valence-corrected chi connectivity index (χ0v) is 16.4. The van der Waals surface area contributed by atoms with Gasteiger partial charge in [0.25, 0.3) is 5.91 Å². The molecule has 3 rings (SSSR count). The van der Waals surface area contributed by atoms with Crippen LogP contribution in [-0.4, -0.2) is 60.0 Å². The van der Waals surface area contributed by atoms with Gasteiger partial charge < -0.3 is 9.64 Å². The normalized spacial score (nSPS) is 15.4. The maximum atomic E-state index is 12.7. The molecule has 0 spiro atoms. The van der Waals surface area contributed by atoms with Gasteiger partial charge in [-0.3, -0.25) is 14.7 Å². The van der Waals surface area contributed by atoms with Crippen molar-refractivity contribution in [1.82, 2.24) is 14.8 Å². The number of para-hydroxylation sites is 1. The first-order valence-electron chi connectivity index (χ1n) is 9.81. The van der Waals surface area contributed by atoms with Crippen LogP contribution in [0.1, 0.15) is 34.8 Å². The summed E-state index contributed by atoms with van der Waals surface area (Å²) in [5, 5.41) is 0. The van der Waals surface area contributed by atoms with E-state index < -0.39 is 0 Å². The molecular weight excluding hydrogens is 338 g/mol. The van der Waals surface area contributed by atoms with Crippen LogP contribution >= 0.6 is 0 Å². The lowest BCUT2D eigenvalue weighted by atomic mass is 10.1. The molecule has 27 heavy (non-hydrogen) atoms. The van der Waals surface area contributed by atoms with E-state index in [1.54, 1.807) is 12.4 Å². The van der Waals surface area contributed by atoms with Gasteiger partial charge in [-0.1, -0.05) is 25.1 Å². The topological polar surface area (TPSA) is 45.7 Å². The molecule has 1 aromatic heterocycles. The minimum atomic E-state index is 0.0844. The number of aromatic nitrogens is 1. The number of hydrogen-bond donors (Lipinski definition) is 0. The van der Waals surface area contributed by atoms with Crippen LogP contribution in [0.4, 0.5) is 0 Å². The second kappa shape index (κ2) is 9.51. The molecule has 0 bridgehead atoms. The minimum absolute atomic E-state index is 0.0844. The number of rotatable bonds is 6. The molecule has 0 radical (unpaired) electrons. The van der Waals surface area contributed by atoms with E-state index >= 15 is 0 Å². The van der Waals surface area contributed by atoms with Gasteiger partial charge in [0.2, 0.25) is 0 Å². The van der Waals surface area contributed by atoms with Crippen molar-refractivity contribution >= 4 is 5.91 Å². The SMILES string of the molecule is CCc1ccccc1OCCN1CCCN(C(=O)c2cncc(C)c2)CC1. The quantitative estimate of drug-likeness (QED) is 0.787. The van der Waals surface area contributed by atoms with E-state index in [2.05, 4.69) is 28.9 Å². The Morgan fingerprint density at radius 2 is 2.00 bits per heavy atom. The zero-order valence-electron chi connectivity index (χ0n) is 16.4. The Kier molecular flexibility index (Phi) is 6.82. The van der Waals surface area contributed by atoms with Crippen LogP contribution in [0.25, 0.3) is 0 Å². The molecule has 1 aliphatic heterocycles. The first-order valence-corrected chi connectivity index (χ1v) is 9.81. The van der Waals surface area contributed by atoms with Crippen molar-refractivity contribution in [3.63, 3.8) is 0 Å². The van der Waals surface area contributed by atoms with Gasteiger partial charge in [0.1, 0.15) is 12.4 Å². The molecule has 1 aromatic carbocycles. The molecule has 0 saturated carbocycles. The zero-order chi connectivity index (χ0) is 19.1. The van der Waals surface area contributed by atoms with Gasteiger partial charge in [-0.2, -0.15) is 0 Å². The molecule has 0 N–H and O–H groups in total. The molecular formula is C22H29N3O2. The number of hydrogen-bond acceptors (Lipinski definition) is 4. The summed E-state index contributed by atoms with van der Waals surface area (Å²) < 4.78 is 6.00. The fourth-order valence-corrected chi connectivity index (χ4v) is 3.47. The summed E-state index contributed by atoms with van der Waals surface area (Å²) in [5.41, 5.74) is 2.95. The summed E-state index contributed by atoms with van der Waals surface area (Å²) in [6.07, 6.45) is 5.40. The molecule has 1 amide bonds. The molecule has 1 aliphatic rings. The number of carbonyl (C=O) groups excluding carboxylic acids is 1. The molecule has 1 saturated heterocycles. The van der Waals surface area contributed by atoms with Crippen LogP contribution in [0.5, 0.6) is 5.75 Å². The Balaban J connectivity index is 1.49. The summed E-state index contributed by atoms with van der Waals surface area (Å²) in [6.45, 7) is 9.08. The van der Waals surface area contributed by atoms with Gasteiger partial charge in [-0.05, 0) is 43.0 Å². The Hall–Kier alpha value is -2.40. The van der Waals surface area contributed by atoms with E-state index in [9.17, 15) is 4.79 Å². The van der Waals surface area contributed by atoms with Gasteiger partial charge in [-0.25, -0.2) is 0 Å². The largest absolute Gasteiger partial charge is 0.492 e. The van der Waals surface area contributed by atoms with Crippen molar-refractivity contribution in [3.05, 3.63) is 59.4 Å². The van der Waals surface area contributed by atoms with E-state index in [4.69, 9.17) is 4.74 Å². The summed E-state index contributed by atoms with van der Waals surface area (Å²) in [6, 6.07) is 10.1. The van der Waals surface area contributed by atoms with E-state index in [0.29, 0.717) is 12.2 Å². The van der Waals surface area contributed by atoms with Gasteiger partial charge in [0.05, 0.1) is 5.56 Å². The predicted molar refractivity (Wildman–Crippen MR) is 107 cm³/mol. The van der Waals surface area contributed by atoms with Crippen molar-refractivity contribution in [2.45, 2.75) is 26.7 Å². The fraction of sp³-hybridized carbons (Fsp3) is 0.455. The predicted octanol–water partition coefficient (Wildman–Crippen LogP) is 3.18. The first kappa shape index (κ1) is 19.4. The van der Waals surface area contributed by atoms with Gasteiger partial charge in [0.15, 0.2) is 0 Å². The van der Waals surface area contributed by atoms with Crippen LogP contribution in [0.15, 0.2) is 42.7 Å². The molecule has 0 aliphatic carbocycles. The van der Waals surface area contributed by atoms with Gasteiger partial charge >= 0.3 is 0 Å². The Morgan fingerprint density at radius 1 is 1.15 bits per heavy atom. The Labute approximate surface area is 162 Å². The lowest BCUT2D eigenvalue weighted by Crippen LogP contribution is -2.36. The maximum absolute atomic E-state index is 12.7. The highest BCUT2D eigenvalue weighted by molar-refractivity contribution is 5.94. The molecule has 0 atom stereocenters. The lowest BCUT2D eigenvalue weighted by Gasteiger charge is -2.22. The lowest BCUT2D eigenvalue weighted by molar-refractivity contribution is 0.0760. The standard InChI is InChI=1S/C22H29N3O2/c1-3-19-7-4-5-8-21(19)27-14-13-24-9-6-10-25(12-11-24)22(26)20-15-18(2)16-23-17-20/h4-5,7-8,15-17H,3,6,9-14H2,1-2H3. The van der Waals surface area contributed by atoms with Gasteiger partial charge in [-0.15, -0.1) is 0 Å². The number of carbonyl (C=O) groups is 1. The van der Waals surface area contributed by atoms with Crippen LogP contribution in [0, 0.1) is 6.92 Å². The third kappa shape index (κ3) is 5.30. The smallest absolute Gasteiger partial charge is 0.255 e. The molecule has 0 unspecified atom stereocenters. The number of benzene rings is 1. The van der Waals surface area contributed by atoms with Crippen molar-refractivity contribution in [2.24, 2.45) is 0 Å². The number of ether oxygens (including phenoxy) is 1. The Bertz CT molecular complexity index is 763. The maximum Gasteiger partial charge on any atom is 0.255 e. The van der Waals surface area contributed by atoms with Crippen LogP contribution < -0.4 is 4.74 Å². The van der Waals surface area contributed by atoms with Crippen LogP contribution in [-0.2, 0) is 6.42 Å². The van der Waals surface area contributed by atoms with Crippen LogP contribution in [0.3, 0.4) is 0 Å². The Morgan fingerprint density at radius 3 is 2.81 bits per heavy atom. The number of pyridine rings is 1. The average molecular weight is 367 g/mol. The fourth-order valence-electron chi connectivity index (χ4n) is 3.47. The third-order valence-electron chi connectivity index (χ3n) is 5.02. The number of nitrogens with zero attached hydrogens (tertiary/aromatic N) is 3. The molecule has 2 heterocycles. The minimum Gasteiger partial charge on any atom is -0.492 e. The molecule has 1 fully saturated rings. The summed E-state index contributed by atoms with van der Waals surface area (Å²) in [4.78, 5) is 21.2. The number of amides is 1.